The molecule has 0 radical (unpaired) electrons. The van der Waals surface area contributed by atoms with Crippen LogP contribution >= 0.6 is 22.7 Å². The van der Waals surface area contributed by atoms with E-state index in [2.05, 4.69) is 22.1 Å². The number of nitrogens with one attached hydrogen (secondary N) is 1. The number of carbonyl (C=O) groups is 1. The Morgan fingerprint density at radius 2 is 2.33 bits per heavy atom. The van der Waals surface area contributed by atoms with Crippen LogP contribution in [0.4, 0.5) is 0 Å². The summed E-state index contributed by atoms with van der Waals surface area (Å²) in [6, 6.07) is 6.15. The summed E-state index contributed by atoms with van der Waals surface area (Å²) < 4.78 is 4.74. The van der Waals surface area contributed by atoms with E-state index in [1.165, 1.54) is 12.7 Å². The lowest BCUT2D eigenvalue weighted by Gasteiger charge is -2.15. The summed E-state index contributed by atoms with van der Waals surface area (Å²) in [5.74, 6) is -0.189. The summed E-state index contributed by atoms with van der Waals surface area (Å²) in [4.78, 5) is 12.6. The predicted molar refractivity (Wildman–Crippen MR) is 74.9 cm³/mol. The second-order valence-electron chi connectivity index (χ2n) is 3.86. The van der Waals surface area contributed by atoms with E-state index in [9.17, 15) is 4.79 Å². The lowest BCUT2D eigenvalue weighted by Crippen LogP contribution is -2.23. The average Bonchev–Trinajstić information content (AvgIpc) is 3.06. The maximum Gasteiger partial charge on any atom is 0.307 e. The zero-order chi connectivity index (χ0) is 12.8. The number of ether oxygens (including phenoxy) is 1. The molecule has 18 heavy (non-hydrogen) atoms. The molecule has 1 unspecified atom stereocenters. The largest absolute Gasteiger partial charge is 0.469 e. The van der Waals surface area contributed by atoms with Crippen LogP contribution in [0.1, 0.15) is 22.9 Å². The lowest BCUT2D eigenvalue weighted by atomic mass is 10.1. The Bertz CT molecular complexity index is 465. The van der Waals surface area contributed by atoms with Crippen molar-refractivity contribution < 1.29 is 9.53 Å². The Morgan fingerprint density at radius 1 is 1.44 bits per heavy atom. The molecule has 1 atom stereocenters. The van der Waals surface area contributed by atoms with Gasteiger partial charge in [-0.15, -0.1) is 11.3 Å². The number of carbonyl (C=O) groups excluding carboxylic acids is 1. The minimum Gasteiger partial charge on any atom is -0.469 e. The molecule has 2 rings (SSSR count). The van der Waals surface area contributed by atoms with Crippen molar-refractivity contribution in [2.75, 3.05) is 7.11 Å². The highest BCUT2D eigenvalue weighted by atomic mass is 32.1. The van der Waals surface area contributed by atoms with Crippen molar-refractivity contribution >= 4 is 28.6 Å². The van der Waals surface area contributed by atoms with Crippen LogP contribution in [0, 0.1) is 0 Å². The van der Waals surface area contributed by atoms with E-state index < -0.39 is 0 Å². The molecular formula is C13H15NO2S2. The van der Waals surface area contributed by atoms with Gasteiger partial charge in [0.25, 0.3) is 0 Å². The van der Waals surface area contributed by atoms with Crippen molar-refractivity contribution in [3.63, 3.8) is 0 Å². The van der Waals surface area contributed by atoms with Gasteiger partial charge in [0, 0.05) is 11.4 Å². The molecule has 0 aromatic carbocycles. The molecule has 0 amide bonds. The molecule has 0 saturated heterocycles. The second kappa shape index (κ2) is 6.68. The maximum absolute atomic E-state index is 11.4. The minimum absolute atomic E-state index is 0.0253. The smallest absolute Gasteiger partial charge is 0.307 e. The van der Waals surface area contributed by atoms with E-state index in [4.69, 9.17) is 4.74 Å². The van der Waals surface area contributed by atoms with E-state index in [1.807, 2.05) is 17.5 Å². The van der Waals surface area contributed by atoms with Crippen molar-refractivity contribution in [1.29, 1.82) is 0 Å². The second-order valence-corrected chi connectivity index (χ2v) is 5.62. The van der Waals surface area contributed by atoms with E-state index in [0.717, 1.165) is 11.4 Å². The van der Waals surface area contributed by atoms with Crippen molar-refractivity contribution in [3.05, 3.63) is 44.8 Å². The Labute approximate surface area is 114 Å². The molecule has 1 N–H and O–H groups in total. The van der Waals surface area contributed by atoms with Crippen LogP contribution in [0.3, 0.4) is 0 Å². The number of thiophene rings is 2. The Balaban J connectivity index is 1.98. The molecule has 2 aromatic rings. The van der Waals surface area contributed by atoms with Gasteiger partial charge >= 0.3 is 5.97 Å². The summed E-state index contributed by atoms with van der Waals surface area (Å²) in [5, 5.41) is 9.59. The standard InChI is InChI=1S/C13H15NO2S2/c1-16-13(15)7-11(12-3-2-5-18-12)14-8-10-4-6-17-9-10/h2-6,9,11,14H,7-8H2,1H3. The van der Waals surface area contributed by atoms with Gasteiger partial charge in [0.2, 0.25) is 0 Å². The number of rotatable bonds is 6. The summed E-state index contributed by atoms with van der Waals surface area (Å²) in [6.45, 7) is 0.767. The molecule has 0 fully saturated rings. The van der Waals surface area contributed by atoms with Gasteiger partial charge in [0.1, 0.15) is 0 Å². The van der Waals surface area contributed by atoms with E-state index in [0.29, 0.717) is 6.42 Å². The molecule has 0 spiro atoms. The highest BCUT2D eigenvalue weighted by molar-refractivity contribution is 7.10. The Morgan fingerprint density at radius 3 is 2.94 bits per heavy atom. The summed E-state index contributed by atoms with van der Waals surface area (Å²) >= 11 is 3.33. The third-order valence-electron chi connectivity index (χ3n) is 2.62. The molecule has 0 aliphatic heterocycles. The Kier molecular flexibility index (Phi) is 4.92. The van der Waals surface area contributed by atoms with Gasteiger partial charge in [0.15, 0.2) is 0 Å². The maximum atomic E-state index is 11.4. The van der Waals surface area contributed by atoms with Gasteiger partial charge in [-0.1, -0.05) is 6.07 Å². The highest BCUT2D eigenvalue weighted by Crippen LogP contribution is 2.23. The van der Waals surface area contributed by atoms with Crippen LogP contribution < -0.4 is 5.32 Å². The zero-order valence-corrected chi connectivity index (χ0v) is 11.7. The molecule has 0 aliphatic rings. The van der Waals surface area contributed by atoms with E-state index in [-0.39, 0.29) is 12.0 Å². The fraction of sp³-hybridized carbons (Fsp3) is 0.308. The van der Waals surface area contributed by atoms with E-state index >= 15 is 0 Å². The number of methoxy groups -OCH3 is 1. The highest BCUT2D eigenvalue weighted by Gasteiger charge is 2.16. The molecule has 2 heterocycles. The Hall–Kier alpha value is -1.17. The van der Waals surface area contributed by atoms with Crippen LogP contribution in [0.25, 0.3) is 0 Å². The van der Waals surface area contributed by atoms with Crippen molar-refractivity contribution in [3.8, 4) is 0 Å². The lowest BCUT2D eigenvalue weighted by molar-refractivity contribution is -0.141. The predicted octanol–water partition coefficient (Wildman–Crippen LogP) is 3.20. The van der Waals surface area contributed by atoms with E-state index in [1.54, 1.807) is 22.7 Å². The first-order chi connectivity index (χ1) is 8.79. The fourth-order valence-corrected chi connectivity index (χ4v) is 3.12. The first kappa shape index (κ1) is 13.3. The zero-order valence-electron chi connectivity index (χ0n) is 10.1. The van der Waals surface area contributed by atoms with Crippen LogP contribution in [0.2, 0.25) is 0 Å². The first-order valence-corrected chi connectivity index (χ1v) is 7.46. The summed E-state index contributed by atoms with van der Waals surface area (Å²) in [5.41, 5.74) is 1.24. The van der Waals surface area contributed by atoms with Gasteiger partial charge in [-0.3, -0.25) is 4.79 Å². The minimum atomic E-state index is -0.189. The van der Waals surface area contributed by atoms with Crippen LogP contribution in [0.15, 0.2) is 34.3 Å². The number of esters is 1. The normalized spacial score (nSPS) is 12.3. The molecule has 0 saturated carbocycles. The third kappa shape index (κ3) is 3.66. The fourth-order valence-electron chi connectivity index (χ4n) is 1.65. The number of hydrogen-bond donors (Lipinski definition) is 1. The molecular weight excluding hydrogens is 266 g/mol. The molecule has 0 bridgehead atoms. The summed E-state index contributed by atoms with van der Waals surface area (Å²) in [6.07, 6.45) is 0.362. The molecule has 3 nitrogen and oxygen atoms in total. The van der Waals surface area contributed by atoms with Crippen LogP contribution in [-0.2, 0) is 16.1 Å². The monoisotopic (exact) mass is 281 g/mol. The topological polar surface area (TPSA) is 38.3 Å². The van der Waals surface area contributed by atoms with Gasteiger partial charge in [-0.05, 0) is 33.8 Å². The average molecular weight is 281 g/mol. The summed E-state index contributed by atoms with van der Waals surface area (Å²) in [7, 11) is 1.42. The third-order valence-corrected chi connectivity index (χ3v) is 4.34. The SMILES string of the molecule is COC(=O)CC(NCc1ccsc1)c1cccs1. The van der Waals surface area contributed by atoms with Crippen molar-refractivity contribution in [1.82, 2.24) is 5.32 Å². The van der Waals surface area contributed by atoms with Gasteiger partial charge in [-0.25, -0.2) is 0 Å². The molecule has 0 aliphatic carbocycles. The van der Waals surface area contributed by atoms with Crippen LogP contribution in [-0.4, -0.2) is 13.1 Å². The van der Waals surface area contributed by atoms with Gasteiger partial charge < -0.3 is 10.1 Å². The molecule has 2 aromatic heterocycles. The molecule has 5 heteroatoms. The van der Waals surface area contributed by atoms with Gasteiger partial charge in [0.05, 0.1) is 19.6 Å². The van der Waals surface area contributed by atoms with Crippen molar-refractivity contribution in [2.24, 2.45) is 0 Å². The number of hydrogen-bond acceptors (Lipinski definition) is 5. The molecule has 96 valence electrons. The van der Waals surface area contributed by atoms with Gasteiger partial charge in [-0.2, -0.15) is 11.3 Å². The van der Waals surface area contributed by atoms with Crippen molar-refractivity contribution in [2.45, 2.75) is 19.0 Å². The quantitative estimate of drug-likeness (QED) is 0.826. The first-order valence-electron chi connectivity index (χ1n) is 5.64. The van der Waals surface area contributed by atoms with Crippen LogP contribution in [0.5, 0.6) is 0 Å².